The Labute approximate surface area is 273 Å². The van der Waals surface area contributed by atoms with Crippen LogP contribution in [0.4, 0.5) is 0 Å². The van der Waals surface area contributed by atoms with Crippen LogP contribution in [0.1, 0.15) is 97.2 Å². The summed E-state index contributed by atoms with van der Waals surface area (Å²) < 4.78 is 19.4. The van der Waals surface area contributed by atoms with Crippen LogP contribution in [0.15, 0.2) is 84.9 Å². The maximum absolute atomic E-state index is 13.8. The largest absolute Gasteiger partial charge is 0.507 e. The van der Waals surface area contributed by atoms with Crippen molar-refractivity contribution in [1.82, 2.24) is 0 Å². The van der Waals surface area contributed by atoms with Gasteiger partial charge in [-0.2, -0.15) is 0 Å². The Balaban J connectivity index is 1.34. The molecule has 6 atom stereocenters. The highest BCUT2D eigenvalue weighted by Crippen LogP contribution is 2.54. The van der Waals surface area contributed by atoms with Crippen LogP contribution < -0.4 is 14.2 Å². The van der Waals surface area contributed by atoms with Crippen molar-refractivity contribution in [2.24, 2.45) is 23.7 Å². The van der Waals surface area contributed by atoms with Crippen molar-refractivity contribution in [3.8, 4) is 23.0 Å². The van der Waals surface area contributed by atoms with E-state index in [2.05, 4.69) is 27.7 Å². The lowest BCUT2D eigenvalue weighted by molar-refractivity contribution is 0.0810. The molecule has 46 heavy (non-hydrogen) atoms. The van der Waals surface area contributed by atoms with E-state index in [9.17, 15) is 9.90 Å². The van der Waals surface area contributed by atoms with E-state index in [4.69, 9.17) is 14.2 Å². The van der Waals surface area contributed by atoms with Gasteiger partial charge in [0.1, 0.15) is 36.4 Å². The van der Waals surface area contributed by atoms with Crippen molar-refractivity contribution < 1.29 is 24.1 Å². The first-order valence-corrected chi connectivity index (χ1v) is 16.8. The zero-order valence-corrected chi connectivity index (χ0v) is 27.7. The van der Waals surface area contributed by atoms with E-state index < -0.39 is 6.10 Å². The van der Waals surface area contributed by atoms with E-state index in [1.165, 1.54) is 0 Å². The van der Waals surface area contributed by atoms with Gasteiger partial charge in [-0.3, -0.25) is 4.79 Å². The minimum atomic E-state index is -0.514. The Hall–Kier alpha value is -4.25. The summed E-state index contributed by atoms with van der Waals surface area (Å²) in [7, 11) is 0. The molecule has 0 saturated heterocycles. The fourth-order valence-electron chi connectivity index (χ4n) is 7.65. The molecule has 1 aliphatic carbocycles. The molecule has 1 fully saturated rings. The van der Waals surface area contributed by atoms with Gasteiger partial charge in [0.2, 0.25) is 0 Å². The van der Waals surface area contributed by atoms with Crippen LogP contribution in [0.3, 0.4) is 0 Å². The van der Waals surface area contributed by atoms with Crippen LogP contribution >= 0.6 is 0 Å². The average Bonchev–Trinajstić information content (AvgIpc) is 3.07. The monoisotopic (exact) mass is 618 g/mol. The Morgan fingerprint density at radius 3 is 2.07 bits per heavy atom. The standard InChI is InChI=1S/C41H46O5/c1-6-31-20-33(28(5)26(3)27(31)4)39-25(2)19-34(42)40-35(43)22-37(46-41(39)40)32-17-18-36(44-23-29-13-9-7-10-14-29)38(21-32)45-24-30-15-11-8-12-16-30/h7-19,21,26-28,31,33,37,42H,6,20,22-24H2,1-5H3/t26?,27?,28?,31?,33?,37-/m1/s1. The van der Waals surface area contributed by atoms with Crippen molar-refractivity contribution in [2.75, 3.05) is 0 Å². The number of hydrogen-bond acceptors (Lipinski definition) is 5. The van der Waals surface area contributed by atoms with Crippen molar-refractivity contribution >= 4 is 5.78 Å². The maximum Gasteiger partial charge on any atom is 0.174 e. The van der Waals surface area contributed by atoms with E-state index >= 15 is 0 Å². The highest BCUT2D eigenvalue weighted by atomic mass is 16.5. The number of aryl methyl sites for hydroxylation is 1. The van der Waals surface area contributed by atoms with E-state index in [1.807, 2.05) is 85.8 Å². The molecular weight excluding hydrogens is 572 g/mol. The number of aromatic hydroxyl groups is 1. The minimum absolute atomic E-state index is 0.00756. The second-order valence-electron chi connectivity index (χ2n) is 13.4. The molecular formula is C41H46O5. The van der Waals surface area contributed by atoms with E-state index in [1.54, 1.807) is 6.07 Å². The average molecular weight is 619 g/mol. The van der Waals surface area contributed by atoms with Crippen molar-refractivity contribution in [3.63, 3.8) is 0 Å². The second kappa shape index (κ2) is 13.6. The Morgan fingerprint density at radius 2 is 1.43 bits per heavy atom. The number of ketones is 1. The molecule has 1 saturated carbocycles. The molecule has 6 rings (SSSR count). The second-order valence-corrected chi connectivity index (χ2v) is 13.4. The van der Waals surface area contributed by atoms with Gasteiger partial charge in [-0.25, -0.2) is 0 Å². The SMILES string of the molecule is CCC1CC(c2c(C)cc(O)c3c2O[C@@H](c2ccc(OCc4ccccc4)c(OCc4ccccc4)c2)CC3=O)C(C)C(C)C1C. The van der Waals surface area contributed by atoms with Crippen LogP contribution in [-0.4, -0.2) is 10.9 Å². The van der Waals surface area contributed by atoms with E-state index in [0.717, 1.165) is 40.7 Å². The first kappa shape index (κ1) is 31.7. The van der Waals surface area contributed by atoms with Gasteiger partial charge in [0.05, 0.1) is 6.42 Å². The predicted molar refractivity (Wildman–Crippen MR) is 182 cm³/mol. The smallest absolute Gasteiger partial charge is 0.174 e. The Kier molecular flexibility index (Phi) is 9.39. The number of benzene rings is 4. The number of carbonyl (C=O) groups is 1. The minimum Gasteiger partial charge on any atom is -0.507 e. The van der Waals surface area contributed by atoms with Crippen LogP contribution in [0.25, 0.3) is 0 Å². The van der Waals surface area contributed by atoms with Gasteiger partial charge in [0.15, 0.2) is 17.3 Å². The molecule has 0 bridgehead atoms. The number of carbonyl (C=O) groups excluding carboxylic acids is 1. The lowest BCUT2D eigenvalue weighted by Crippen LogP contribution is -2.36. The molecule has 4 aromatic carbocycles. The molecule has 5 unspecified atom stereocenters. The van der Waals surface area contributed by atoms with Gasteiger partial charge >= 0.3 is 0 Å². The molecule has 0 spiro atoms. The van der Waals surface area contributed by atoms with Crippen molar-refractivity contribution in [2.45, 2.75) is 79.1 Å². The van der Waals surface area contributed by atoms with Crippen LogP contribution in [0.2, 0.25) is 0 Å². The fourth-order valence-corrected chi connectivity index (χ4v) is 7.65. The summed E-state index contributed by atoms with van der Waals surface area (Å²) >= 11 is 0. The summed E-state index contributed by atoms with van der Waals surface area (Å²) in [5, 5.41) is 11.0. The predicted octanol–water partition coefficient (Wildman–Crippen LogP) is 9.99. The van der Waals surface area contributed by atoms with Gasteiger partial charge in [-0.05, 0) is 83.4 Å². The van der Waals surface area contributed by atoms with Crippen molar-refractivity contribution in [1.29, 1.82) is 0 Å². The highest BCUT2D eigenvalue weighted by molar-refractivity contribution is 6.03. The summed E-state index contributed by atoms with van der Waals surface area (Å²) in [5.74, 6) is 4.13. The van der Waals surface area contributed by atoms with Gasteiger partial charge < -0.3 is 19.3 Å². The molecule has 0 amide bonds. The molecule has 240 valence electrons. The topological polar surface area (TPSA) is 65.0 Å². The zero-order valence-electron chi connectivity index (χ0n) is 27.7. The molecule has 4 aromatic rings. The summed E-state index contributed by atoms with van der Waals surface area (Å²) in [4.78, 5) is 13.8. The van der Waals surface area contributed by atoms with E-state index in [-0.39, 0.29) is 23.9 Å². The fraction of sp³-hybridized carbons (Fsp3) is 0.390. The number of phenols is 1. The summed E-state index contributed by atoms with van der Waals surface area (Å²) in [6, 6.07) is 27.7. The highest BCUT2D eigenvalue weighted by Gasteiger charge is 2.42. The third-order valence-corrected chi connectivity index (χ3v) is 10.7. The first-order chi connectivity index (χ1) is 22.2. The van der Waals surface area contributed by atoms with Gasteiger partial charge in [0, 0.05) is 5.56 Å². The molecule has 5 nitrogen and oxygen atoms in total. The summed E-state index contributed by atoms with van der Waals surface area (Å²) in [5.41, 5.74) is 5.34. The van der Waals surface area contributed by atoms with Crippen LogP contribution in [0, 0.1) is 30.6 Å². The van der Waals surface area contributed by atoms with Crippen molar-refractivity contribution in [3.05, 3.63) is 118 Å². The number of ether oxygens (including phenoxy) is 3. The molecule has 0 aromatic heterocycles. The number of rotatable bonds is 9. The molecule has 5 heteroatoms. The molecule has 1 aliphatic heterocycles. The quantitative estimate of drug-likeness (QED) is 0.202. The van der Waals surface area contributed by atoms with Gasteiger partial charge in [0.25, 0.3) is 0 Å². The van der Waals surface area contributed by atoms with E-state index in [0.29, 0.717) is 59.7 Å². The third kappa shape index (κ3) is 6.38. The summed E-state index contributed by atoms with van der Waals surface area (Å²) in [6.07, 6.45) is 1.80. The lowest BCUT2D eigenvalue weighted by atomic mass is 9.60. The summed E-state index contributed by atoms with van der Waals surface area (Å²) in [6.45, 7) is 12.2. The number of hydrogen-bond donors (Lipinski definition) is 1. The third-order valence-electron chi connectivity index (χ3n) is 10.7. The number of fused-ring (bicyclic) bond motifs is 1. The number of Topliss-reactive ketones (excluding diaryl/α,β-unsaturated/α-hetero) is 1. The van der Waals surface area contributed by atoms with Crippen LogP contribution in [-0.2, 0) is 13.2 Å². The maximum atomic E-state index is 13.8. The Morgan fingerprint density at radius 1 is 0.804 bits per heavy atom. The molecule has 1 heterocycles. The zero-order chi connectivity index (χ0) is 32.4. The molecule has 0 radical (unpaired) electrons. The number of phenolic OH excluding ortho intramolecular Hbond substituents is 1. The van der Waals surface area contributed by atoms with Crippen LogP contribution in [0.5, 0.6) is 23.0 Å². The van der Waals surface area contributed by atoms with Gasteiger partial charge in [-0.1, -0.05) is 101 Å². The molecule has 1 N–H and O–H groups in total. The van der Waals surface area contributed by atoms with Gasteiger partial charge in [-0.15, -0.1) is 0 Å². The lowest BCUT2D eigenvalue weighted by Gasteiger charge is -2.45. The Bertz CT molecular complexity index is 1660. The normalized spacial score (nSPS) is 24.2. The molecule has 2 aliphatic rings. The first-order valence-electron chi connectivity index (χ1n) is 16.8.